The summed E-state index contributed by atoms with van der Waals surface area (Å²) in [7, 11) is 1.32. The van der Waals surface area contributed by atoms with Gasteiger partial charge >= 0.3 is 6.09 Å². The maximum atomic E-state index is 13.4. The van der Waals surface area contributed by atoms with E-state index in [9.17, 15) is 19.5 Å². The number of aliphatic hydroxyl groups is 1. The molecular weight excluding hydrogens is 472 g/mol. The molecule has 1 unspecified atom stereocenters. The first kappa shape index (κ1) is 28.9. The summed E-state index contributed by atoms with van der Waals surface area (Å²) in [4.78, 5) is 40.6. The Balaban J connectivity index is 0.00000432. The van der Waals surface area contributed by atoms with Crippen LogP contribution in [0.15, 0.2) is 24.3 Å². The lowest BCUT2D eigenvalue weighted by atomic mass is 9.80. The number of β-amino-alcohol motifs (C(OH)–C–C–N with tert-alkyl or cyclic N) is 1. The molecule has 2 heterocycles. The first-order valence-electron chi connectivity index (χ1n) is 12.0. The Morgan fingerprint density at radius 2 is 2.00 bits per heavy atom. The van der Waals surface area contributed by atoms with E-state index >= 15 is 0 Å². The number of carbonyl (C=O) groups is 3. The van der Waals surface area contributed by atoms with Gasteiger partial charge < -0.3 is 30.7 Å². The SMILES string of the molecule is COC(=O)NC1Cc2ccccc2N(C(=O)CC(C)(C)C[C@H](N)[C@@H](O)CN2CCCCC2=O)C1.Cl. The van der Waals surface area contributed by atoms with Gasteiger partial charge in [-0.3, -0.25) is 9.59 Å². The van der Waals surface area contributed by atoms with Crippen molar-refractivity contribution in [2.75, 3.05) is 31.6 Å². The van der Waals surface area contributed by atoms with Crippen molar-refractivity contribution in [2.24, 2.45) is 11.1 Å². The molecule has 2 aliphatic heterocycles. The number of rotatable bonds is 8. The Morgan fingerprint density at radius 3 is 2.69 bits per heavy atom. The molecule has 1 aromatic rings. The van der Waals surface area contributed by atoms with Crippen LogP contribution in [0.3, 0.4) is 0 Å². The van der Waals surface area contributed by atoms with Gasteiger partial charge in [0.2, 0.25) is 11.8 Å². The van der Waals surface area contributed by atoms with Crippen molar-refractivity contribution in [3.63, 3.8) is 0 Å². The minimum absolute atomic E-state index is 0. The van der Waals surface area contributed by atoms with Crippen LogP contribution in [0.5, 0.6) is 0 Å². The molecule has 0 bridgehead atoms. The second-order valence-corrected chi connectivity index (χ2v) is 10.2. The van der Waals surface area contributed by atoms with Crippen molar-refractivity contribution in [3.05, 3.63) is 29.8 Å². The van der Waals surface area contributed by atoms with Gasteiger partial charge in [-0.2, -0.15) is 0 Å². The van der Waals surface area contributed by atoms with E-state index in [1.807, 2.05) is 38.1 Å². The van der Waals surface area contributed by atoms with Crippen LogP contribution >= 0.6 is 12.4 Å². The molecule has 0 aliphatic carbocycles. The highest BCUT2D eigenvalue weighted by molar-refractivity contribution is 5.95. The molecule has 1 saturated heterocycles. The van der Waals surface area contributed by atoms with E-state index in [-0.39, 0.29) is 43.2 Å². The molecular formula is C25H39ClN4O5. The van der Waals surface area contributed by atoms with Gasteiger partial charge in [0.25, 0.3) is 0 Å². The lowest BCUT2D eigenvalue weighted by Crippen LogP contribution is -2.51. The molecule has 3 amide bonds. The molecule has 1 aromatic carbocycles. The second kappa shape index (κ2) is 12.6. The number of halogens is 1. The highest BCUT2D eigenvalue weighted by Crippen LogP contribution is 2.33. The van der Waals surface area contributed by atoms with Gasteiger partial charge in [0, 0.05) is 44.2 Å². The van der Waals surface area contributed by atoms with Gasteiger partial charge in [0.15, 0.2) is 0 Å². The number of amides is 3. The number of fused-ring (bicyclic) bond motifs is 1. The molecule has 2 aliphatic rings. The zero-order valence-electron chi connectivity index (χ0n) is 20.9. The Morgan fingerprint density at radius 1 is 1.29 bits per heavy atom. The van der Waals surface area contributed by atoms with Gasteiger partial charge in [-0.05, 0) is 42.7 Å². The third-order valence-corrected chi connectivity index (χ3v) is 6.70. The van der Waals surface area contributed by atoms with Crippen LogP contribution in [-0.2, 0) is 20.7 Å². The normalized spacial score (nSPS) is 19.8. The Hall–Kier alpha value is -2.36. The number of piperidine rings is 1. The van der Waals surface area contributed by atoms with Gasteiger partial charge in [0.05, 0.1) is 19.3 Å². The minimum atomic E-state index is -0.847. The van der Waals surface area contributed by atoms with Crippen LogP contribution in [0, 0.1) is 5.41 Å². The number of nitrogens with two attached hydrogens (primary N) is 1. The fourth-order valence-electron chi connectivity index (χ4n) is 4.92. The quantitative estimate of drug-likeness (QED) is 0.492. The average molecular weight is 511 g/mol. The van der Waals surface area contributed by atoms with E-state index in [0.717, 1.165) is 24.1 Å². The van der Waals surface area contributed by atoms with Crippen molar-refractivity contribution in [3.8, 4) is 0 Å². The number of benzene rings is 1. The number of carbonyl (C=O) groups excluding carboxylic acids is 3. The number of alkyl carbamates (subject to hydrolysis) is 1. The molecule has 4 N–H and O–H groups in total. The Kier molecular flexibility index (Phi) is 10.4. The van der Waals surface area contributed by atoms with E-state index in [1.54, 1.807) is 9.80 Å². The summed E-state index contributed by atoms with van der Waals surface area (Å²) in [5, 5.41) is 13.4. The molecule has 0 radical (unpaired) electrons. The third kappa shape index (κ3) is 7.81. The number of hydrogen-bond acceptors (Lipinski definition) is 6. The lowest BCUT2D eigenvalue weighted by Gasteiger charge is -2.37. The van der Waals surface area contributed by atoms with Gasteiger partial charge in [-0.15, -0.1) is 12.4 Å². The zero-order chi connectivity index (χ0) is 24.9. The van der Waals surface area contributed by atoms with Crippen LogP contribution < -0.4 is 16.0 Å². The number of anilines is 1. The number of aliphatic hydroxyl groups excluding tert-OH is 1. The van der Waals surface area contributed by atoms with Crippen LogP contribution in [-0.4, -0.2) is 72.8 Å². The number of para-hydroxylation sites is 1. The van der Waals surface area contributed by atoms with Crippen LogP contribution in [0.1, 0.15) is 51.5 Å². The number of ether oxygens (including phenoxy) is 1. The van der Waals surface area contributed by atoms with Crippen molar-refractivity contribution < 1.29 is 24.2 Å². The fraction of sp³-hybridized carbons (Fsp3) is 0.640. The maximum Gasteiger partial charge on any atom is 0.407 e. The summed E-state index contributed by atoms with van der Waals surface area (Å²) in [5.41, 5.74) is 7.68. The molecule has 196 valence electrons. The Labute approximate surface area is 213 Å². The first-order chi connectivity index (χ1) is 16.1. The summed E-state index contributed by atoms with van der Waals surface area (Å²) in [5.74, 6) is -0.00691. The highest BCUT2D eigenvalue weighted by atomic mass is 35.5. The standard InChI is InChI=1S/C25H38N4O5.ClH/c1-25(2,13-19(26)21(30)16-28-11-7-6-10-22(28)31)14-23(32)29-15-18(27-24(33)34-3)12-17-8-4-5-9-20(17)29;/h4-5,8-9,18-19,21,30H,6-7,10-16,26H2,1-3H3,(H,27,33);1H/t18?,19-,21-;/m0./s1. The van der Waals surface area contributed by atoms with Crippen molar-refractivity contribution >= 4 is 36.0 Å². The molecule has 35 heavy (non-hydrogen) atoms. The lowest BCUT2D eigenvalue weighted by molar-refractivity contribution is -0.135. The summed E-state index contributed by atoms with van der Waals surface area (Å²) in [6, 6.07) is 6.88. The maximum absolute atomic E-state index is 13.4. The van der Waals surface area contributed by atoms with Crippen molar-refractivity contribution in [1.82, 2.24) is 10.2 Å². The molecule has 0 spiro atoms. The largest absolute Gasteiger partial charge is 0.453 e. The topological polar surface area (TPSA) is 125 Å². The number of likely N-dealkylation sites (tertiary alicyclic amines) is 1. The predicted octanol–water partition coefficient (Wildman–Crippen LogP) is 2.23. The fourth-order valence-corrected chi connectivity index (χ4v) is 4.92. The second-order valence-electron chi connectivity index (χ2n) is 10.2. The predicted molar refractivity (Wildman–Crippen MR) is 137 cm³/mol. The summed E-state index contributed by atoms with van der Waals surface area (Å²) < 4.78 is 4.73. The molecule has 3 rings (SSSR count). The van der Waals surface area contributed by atoms with E-state index in [2.05, 4.69) is 5.32 Å². The summed E-state index contributed by atoms with van der Waals surface area (Å²) in [6.45, 7) is 5.16. The Bertz CT molecular complexity index is 896. The third-order valence-electron chi connectivity index (χ3n) is 6.70. The summed E-state index contributed by atoms with van der Waals surface area (Å²) in [6.07, 6.45) is 2.26. The minimum Gasteiger partial charge on any atom is -0.453 e. The molecule has 0 saturated carbocycles. The van der Waals surface area contributed by atoms with Gasteiger partial charge in [-0.25, -0.2) is 4.79 Å². The number of hydrogen-bond donors (Lipinski definition) is 3. The van der Waals surface area contributed by atoms with Crippen molar-refractivity contribution in [1.29, 1.82) is 0 Å². The molecule has 9 nitrogen and oxygen atoms in total. The number of methoxy groups -OCH3 is 1. The van der Waals surface area contributed by atoms with Crippen LogP contribution in [0.25, 0.3) is 0 Å². The monoisotopic (exact) mass is 510 g/mol. The van der Waals surface area contributed by atoms with E-state index in [0.29, 0.717) is 32.4 Å². The number of nitrogens with zero attached hydrogens (tertiary/aromatic N) is 2. The first-order valence-corrected chi connectivity index (χ1v) is 12.0. The highest BCUT2D eigenvalue weighted by Gasteiger charge is 2.34. The van der Waals surface area contributed by atoms with E-state index in [4.69, 9.17) is 10.5 Å². The van der Waals surface area contributed by atoms with Gasteiger partial charge in [-0.1, -0.05) is 32.0 Å². The van der Waals surface area contributed by atoms with Crippen molar-refractivity contribution in [2.45, 2.75) is 70.6 Å². The summed E-state index contributed by atoms with van der Waals surface area (Å²) >= 11 is 0. The van der Waals surface area contributed by atoms with Gasteiger partial charge in [0.1, 0.15) is 0 Å². The molecule has 3 atom stereocenters. The molecule has 1 fully saturated rings. The van der Waals surface area contributed by atoms with Crippen LogP contribution in [0.2, 0.25) is 0 Å². The van der Waals surface area contributed by atoms with E-state index < -0.39 is 23.7 Å². The van der Waals surface area contributed by atoms with E-state index in [1.165, 1.54) is 7.11 Å². The van der Waals surface area contributed by atoms with Crippen LogP contribution in [0.4, 0.5) is 10.5 Å². The zero-order valence-corrected chi connectivity index (χ0v) is 21.7. The smallest absolute Gasteiger partial charge is 0.407 e. The molecule has 0 aromatic heterocycles. The average Bonchev–Trinajstić information content (AvgIpc) is 2.79. The molecule has 10 heteroatoms. The number of nitrogens with one attached hydrogen (secondary N) is 1.